The van der Waals surface area contributed by atoms with Gasteiger partial charge in [-0.25, -0.2) is 8.42 Å². The van der Waals surface area contributed by atoms with Gasteiger partial charge in [-0.15, -0.1) is 0 Å². The number of hydrogen-bond acceptors (Lipinski definition) is 7. The molecule has 2 N–H and O–H groups in total. The summed E-state index contributed by atoms with van der Waals surface area (Å²) in [7, 11) is -3.41. The molecule has 0 spiro atoms. The number of sulfonamides is 1. The molecular weight excluding hydrogens is 422 g/mol. The van der Waals surface area contributed by atoms with Crippen LogP contribution in [0.4, 0.5) is 11.4 Å². The summed E-state index contributed by atoms with van der Waals surface area (Å²) >= 11 is 0. The Morgan fingerprint density at radius 1 is 1.03 bits per heavy atom. The van der Waals surface area contributed by atoms with Crippen LogP contribution in [-0.4, -0.2) is 32.5 Å². The number of nitrogens with one attached hydrogen (secondary N) is 2. The zero-order valence-corrected chi connectivity index (χ0v) is 17.4. The molecule has 1 fully saturated rings. The number of amides is 1. The van der Waals surface area contributed by atoms with E-state index in [9.17, 15) is 13.2 Å². The molecule has 0 bridgehead atoms. The van der Waals surface area contributed by atoms with Crippen LogP contribution in [0, 0.1) is 0 Å². The summed E-state index contributed by atoms with van der Waals surface area (Å²) < 4.78 is 41.5. The topological polar surface area (TPSA) is 120 Å². The van der Waals surface area contributed by atoms with Crippen molar-refractivity contribution in [1.82, 2.24) is 5.16 Å². The second kappa shape index (κ2) is 7.02. The minimum atomic E-state index is -3.41. The summed E-state index contributed by atoms with van der Waals surface area (Å²) in [6.45, 7) is 0.185. The Morgan fingerprint density at radius 2 is 1.81 bits per heavy atom. The van der Waals surface area contributed by atoms with E-state index >= 15 is 0 Å². The first kappa shape index (κ1) is 19.4. The third-order valence-electron chi connectivity index (χ3n) is 5.27. The van der Waals surface area contributed by atoms with Crippen molar-refractivity contribution in [3.05, 3.63) is 54.2 Å². The van der Waals surface area contributed by atoms with Crippen LogP contribution in [0.15, 0.2) is 53.1 Å². The zero-order valence-electron chi connectivity index (χ0n) is 16.5. The second-order valence-electron chi connectivity index (χ2n) is 7.64. The molecule has 0 atom stereocenters. The Labute approximate surface area is 178 Å². The predicted octanol–water partition coefficient (Wildman–Crippen LogP) is 3.11. The van der Waals surface area contributed by atoms with Crippen molar-refractivity contribution >= 4 is 27.3 Å². The summed E-state index contributed by atoms with van der Waals surface area (Å²) in [5, 5.41) is 7.01. The van der Waals surface area contributed by atoms with Crippen molar-refractivity contribution in [3.63, 3.8) is 0 Å². The summed E-state index contributed by atoms with van der Waals surface area (Å²) in [5.74, 6) is 1.63. The number of carbonyl (C=O) groups is 1. The van der Waals surface area contributed by atoms with Gasteiger partial charge >= 0.3 is 0 Å². The number of hydrogen-bond donors (Lipinski definition) is 2. The first-order valence-electron chi connectivity index (χ1n) is 9.59. The van der Waals surface area contributed by atoms with Gasteiger partial charge in [0.1, 0.15) is 0 Å². The van der Waals surface area contributed by atoms with Crippen molar-refractivity contribution in [2.45, 2.75) is 18.3 Å². The highest BCUT2D eigenvalue weighted by Crippen LogP contribution is 2.49. The number of nitrogens with zero attached hydrogens (tertiary/aromatic N) is 1. The predicted molar refractivity (Wildman–Crippen MR) is 113 cm³/mol. The van der Waals surface area contributed by atoms with Gasteiger partial charge in [0.05, 0.1) is 23.1 Å². The Bertz CT molecular complexity index is 1280. The van der Waals surface area contributed by atoms with Gasteiger partial charge in [-0.05, 0) is 49.2 Å². The van der Waals surface area contributed by atoms with Gasteiger partial charge in [-0.2, -0.15) is 0 Å². The first-order chi connectivity index (χ1) is 14.8. The van der Waals surface area contributed by atoms with Crippen molar-refractivity contribution in [2.75, 3.05) is 23.1 Å². The molecule has 3 aromatic rings. The maximum absolute atomic E-state index is 13.0. The summed E-state index contributed by atoms with van der Waals surface area (Å²) in [5.41, 5.74) is 1.43. The van der Waals surface area contributed by atoms with Gasteiger partial charge in [0, 0.05) is 17.3 Å². The number of benzene rings is 2. The summed E-state index contributed by atoms with van der Waals surface area (Å²) in [6.07, 6.45) is 2.36. The number of anilines is 2. The van der Waals surface area contributed by atoms with Crippen molar-refractivity contribution < 1.29 is 27.2 Å². The van der Waals surface area contributed by atoms with Crippen LogP contribution in [0.2, 0.25) is 0 Å². The smallest absolute Gasteiger partial charge is 0.236 e. The van der Waals surface area contributed by atoms with E-state index in [4.69, 9.17) is 14.0 Å². The first-order valence-corrected chi connectivity index (χ1v) is 11.5. The van der Waals surface area contributed by atoms with Gasteiger partial charge in [-0.3, -0.25) is 9.52 Å². The fourth-order valence-electron chi connectivity index (χ4n) is 3.54. The molecule has 1 saturated carbocycles. The second-order valence-corrected chi connectivity index (χ2v) is 9.38. The largest absolute Gasteiger partial charge is 0.454 e. The Morgan fingerprint density at radius 3 is 2.58 bits per heavy atom. The van der Waals surface area contributed by atoms with Gasteiger partial charge in [-0.1, -0.05) is 11.2 Å². The molecule has 10 heteroatoms. The molecule has 0 unspecified atom stereocenters. The molecule has 2 aromatic carbocycles. The number of fused-ring (bicyclic) bond motifs is 1. The van der Waals surface area contributed by atoms with Crippen molar-refractivity contribution in [3.8, 4) is 22.8 Å². The van der Waals surface area contributed by atoms with Crippen LogP contribution in [-0.2, 0) is 20.2 Å². The van der Waals surface area contributed by atoms with Gasteiger partial charge in [0.2, 0.25) is 22.7 Å². The minimum absolute atomic E-state index is 0.185. The van der Waals surface area contributed by atoms with Gasteiger partial charge in [0.15, 0.2) is 17.3 Å². The quantitative estimate of drug-likeness (QED) is 0.603. The lowest BCUT2D eigenvalue weighted by atomic mass is 10.00. The van der Waals surface area contributed by atoms with Crippen LogP contribution in [0.1, 0.15) is 18.5 Å². The molecule has 0 radical (unpaired) electrons. The van der Waals surface area contributed by atoms with E-state index in [0.717, 1.165) is 11.8 Å². The number of carbonyl (C=O) groups excluding carboxylic acids is 1. The molecule has 1 aliphatic heterocycles. The van der Waals surface area contributed by atoms with Gasteiger partial charge < -0.3 is 19.3 Å². The maximum Gasteiger partial charge on any atom is 0.236 e. The van der Waals surface area contributed by atoms with E-state index in [1.54, 1.807) is 36.4 Å². The molecular formula is C21H19N3O6S. The van der Waals surface area contributed by atoms with Crippen molar-refractivity contribution in [1.29, 1.82) is 0 Å². The molecule has 2 aliphatic rings. The summed E-state index contributed by atoms with van der Waals surface area (Å²) in [4.78, 5) is 13.0. The molecule has 5 rings (SSSR count). The highest BCUT2D eigenvalue weighted by atomic mass is 32.2. The van der Waals surface area contributed by atoms with Crippen LogP contribution >= 0.6 is 0 Å². The minimum Gasteiger partial charge on any atom is -0.454 e. The average molecular weight is 441 g/mol. The third kappa shape index (κ3) is 3.81. The fourth-order valence-corrected chi connectivity index (χ4v) is 4.09. The molecule has 1 aliphatic carbocycles. The standard InChI is InChI=1S/C21H19N3O6S/c1-31(26,27)24-15-4-2-3-14(10-15)22-20(25)21(7-8-21)19-11-17(30-23-19)13-5-6-16-18(9-13)29-12-28-16/h2-6,9-11,24H,7-8,12H2,1H3,(H,22,25). The lowest BCUT2D eigenvalue weighted by molar-refractivity contribution is -0.118. The molecule has 160 valence electrons. The van der Waals surface area contributed by atoms with Crippen LogP contribution in [0.25, 0.3) is 11.3 Å². The highest BCUT2D eigenvalue weighted by molar-refractivity contribution is 7.92. The van der Waals surface area contributed by atoms with Crippen LogP contribution < -0.4 is 19.5 Å². The molecule has 0 saturated heterocycles. The SMILES string of the molecule is CS(=O)(=O)Nc1cccc(NC(=O)C2(c3cc(-c4ccc5c(c4)OCO5)on3)CC2)c1. The third-order valence-corrected chi connectivity index (χ3v) is 5.87. The van der Waals surface area contributed by atoms with E-state index in [1.807, 2.05) is 12.1 Å². The fraction of sp³-hybridized carbons (Fsp3) is 0.238. The number of ether oxygens (including phenoxy) is 2. The monoisotopic (exact) mass is 441 g/mol. The molecule has 31 heavy (non-hydrogen) atoms. The normalized spacial score (nSPS) is 16.0. The lowest BCUT2D eigenvalue weighted by Crippen LogP contribution is -2.28. The molecule has 9 nitrogen and oxygen atoms in total. The lowest BCUT2D eigenvalue weighted by Gasteiger charge is -2.13. The Kier molecular flexibility index (Phi) is 4.40. The van der Waals surface area contributed by atoms with E-state index in [-0.39, 0.29) is 12.7 Å². The molecule has 2 heterocycles. The van der Waals surface area contributed by atoms with E-state index < -0.39 is 15.4 Å². The highest BCUT2D eigenvalue weighted by Gasteiger charge is 2.53. The molecule has 1 aromatic heterocycles. The van der Waals surface area contributed by atoms with E-state index in [2.05, 4.69) is 15.2 Å². The average Bonchev–Trinajstić information content (AvgIpc) is 3.15. The maximum atomic E-state index is 13.0. The number of aromatic nitrogens is 1. The number of rotatable bonds is 6. The zero-order chi connectivity index (χ0) is 21.6. The Hall–Kier alpha value is -3.53. The molecule has 1 amide bonds. The Balaban J connectivity index is 1.35. The van der Waals surface area contributed by atoms with Crippen LogP contribution in [0.5, 0.6) is 11.5 Å². The summed E-state index contributed by atoms with van der Waals surface area (Å²) in [6, 6.07) is 13.8. The van der Waals surface area contributed by atoms with E-state index in [0.29, 0.717) is 47.2 Å². The van der Waals surface area contributed by atoms with Crippen LogP contribution in [0.3, 0.4) is 0 Å². The van der Waals surface area contributed by atoms with Gasteiger partial charge in [0.25, 0.3) is 0 Å². The van der Waals surface area contributed by atoms with Crippen molar-refractivity contribution in [2.24, 2.45) is 0 Å². The van der Waals surface area contributed by atoms with E-state index in [1.165, 1.54) is 0 Å².